The second-order valence-electron chi connectivity index (χ2n) is 3.92. The average Bonchev–Trinajstić information content (AvgIpc) is 3.06. The molecule has 3 heterocycles. The molecule has 0 fully saturated rings. The van der Waals surface area contributed by atoms with Crippen LogP contribution in [0.3, 0.4) is 0 Å². The Labute approximate surface area is 112 Å². The van der Waals surface area contributed by atoms with E-state index in [0.717, 1.165) is 5.39 Å². The third-order valence-corrected chi connectivity index (χ3v) is 3.65. The third kappa shape index (κ3) is 2.22. The summed E-state index contributed by atoms with van der Waals surface area (Å²) < 4.78 is 0. The van der Waals surface area contributed by atoms with Crippen LogP contribution in [-0.2, 0) is 0 Å². The summed E-state index contributed by atoms with van der Waals surface area (Å²) in [6.45, 7) is 1.82. The number of tetrazole rings is 1. The Balaban J connectivity index is 1.87. The van der Waals surface area contributed by atoms with Gasteiger partial charge in [-0.25, -0.2) is 4.98 Å². The molecule has 8 heteroatoms. The van der Waals surface area contributed by atoms with Gasteiger partial charge in [0.1, 0.15) is 5.65 Å². The van der Waals surface area contributed by atoms with E-state index in [-0.39, 0.29) is 11.0 Å². The number of ketones is 1. The molecule has 0 aliphatic rings. The summed E-state index contributed by atoms with van der Waals surface area (Å²) in [4.78, 5) is 19.5. The Morgan fingerprint density at radius 1 is 1.47 bits per heavy atom. The van der Waals surface area contributed by atoms with Crippen LogP contribution in [0.2, 0.25) is 0 Å². The van der Waals surface area contributed by atoms with Crippen molar-refractivity contribution in [2.45, 2.75) is 17.3 Å². The number of carbonyl (C=O) groups excluding carboxylic acids is 1. The van der Waals surface area contributed by atoms with Gasteiger partial charge < -0.3 is 4.98 Å². The molecule has 96 valence electrons. The van der Waals surface area contributed by atoms with Crippen LogP contribution < -0.4 is 0 Å². The normalized spacial score (nSPS) is 12.7. The van der Waals surface area contributed by atoms with E-state index in [1.807, 2.05) is 19.1 Å². The molecule has 2 N–H and O–H groups in total. The van der Waals surface area contributed by atoms with Gasteiger partial charge in [-0.05, 0) is 24.3 Å². The van der Waals surface area contributed by atoms with Crippen LogP contribution in [-0.4, -0.2) is 41.6 Å². The number of aromatic nitrogens is 6. The number of carbonyl (C=O) groups is 1. The van der Waals surface area contributed by atoms with Crippen molar-refractivity contribution in [1.29, 1.82) is 0 Å². The summed E-state index contributed by atoms with van der Waals surface area (Å²) in [7, 11) is 0. The molecule has 0 spiro atoms. The van der Waals surface area contributed by atoms with Gasteiger partial charge in [-0.3, -0.25) is 4.79 Å². The lowest BCUT2D eigenvalue weighted by Gasteiger charge is -2.06. The molecule has 3 aromatic rings. The molecule has 1 atom stereocenters. The van der Waals surface area contributed by atoms with Crippen LogP contribution >= 0.6 is 11.8 Å². The molecular weight excluding hydrogens is 264 g/mol. The number of nitrogens with one attached hydrogen (secondary N) is 2. The van der Waals surface area contributed by atoms with E-state index in [1.165, 1.54) is 11.8 Å². The Bertz CT molecular complexity index is 707. The molecule has 1 unspecified atom stereocenters. The molecule has 3 aromatic heterocycles. The minimum atomic E-state index is -0.295. The number of pyridine rings is 1. The number of hydrogen-bond acceptors (Lipinski definition) is 6. The number of fused-ring (bicyclic) bond motifs is 1. The number of rotatable bonds is 4. The van der Waals surface area contributed by atoms with Crippen LogP contribution in [0.25, 0.3) is 11.0 Å². The Hall–Kier alpha value is -2.22. The highest BCUT2D eigenvalue weighted by Crippen LogP contribution is 2.24. The van der Waals surface area contributed by atoms with E-state index in [2.05, 4.69) is 30.6 Å². The second kappa shape index (κ2) is 4.81. The fourth-order valence-corrected chi connectivity index (χ4v) is 2.52. The van der Waals surface area contributed by atoms with Crippen molar-refractivity contribution in [3.05, 3.63) is 30.1 Å². The summed E-state index contributed by atoms with van der Waals surface area (Å²) in [5.74, 6) is 0.00838. The van der Waals surface area contributed by atoms with Crippen LogP contribution in [0.4, 0.5) is 0 Å². The van der Waals surface area contributed by atoms with E-state index in [0.29, 0.717) is 16.4 Å². The van der Waals surface area contributed by atoms with Crippen molar-refractivity contribution < 1.29 is 4.79 Å². The SMILES string of the molecule is CC(Sc1nn[nH]n1)C(=O)c1c[nH]c2ncccc12. The van der Waals surface area contributed by atoms with E-state index >= 15 is 0 Å². The molecule has 0 saturated heterocycles. The molecule has 3 rings (SSSR count). The van der Waals surface area contributed by atoms with Gasteiger partial charge in [0.2, 0.25) is 5.16 Å². The molecule has 7 nitrogen and oxygen atoms in total. The summed E-state index contributed by atoms with van der Waals surface area (Å²) in [6, 6.07) is 3.68. The second-order valence-corrected chi connectivity index (χ2v) is 5.23. The minimum Gasteiger partial charge on any atom is -0.345 e. The van der Waals surface area contributed by atoms with Crippen LogP contribution in [0.5, 0.6) is 0 Å². The summed E-state index contributed by atoms with van der Waals surface area (Å²) in [6.07, 6.45) is 3.37. The van der Waals surface area contributed by atoms with Gasteiger partial charge in [-0.15, -0.1) is 10.2 Å². The van der Waals surface area contributed by atoms with Crippen LogP contribution in [0, 0.1) is 0 Å². The first-order valence-corrected chi connectivity index (χ1v) is 6.50. The van der Waals surface area contributed by atoms with E-state index in [1.54, 1.807) is 12.4 Å². The highest BCUT2D eigenvalue weighted by Gasteiger charge is 2.21. The number of Topliss-reactive ketones (excluding diaryl/α,β-unsaturated/α-hetero) is 1. The number of aromatic amines is 2. The lowest BCUT2D eigenvalue weighted by atomic mass is 10.1. The molecule has 0 aliphatic carbocycles. The molecule has 0 aromatic carbocycles. The molecule has 19 heavy (non-hydrogen) atoms. The first kappa shape index (κ1) is 11.8. The fourth-order valence-electron chi connectivity index (χ4n) is 1.79. The summed E-state index contributed by atoms with van der Waals surface area (Å²) in [5, 5.41) is 14.5. The zero-order valence-corrected chi connectivity index (χ0v) is 10.8. The quantitative estimate of drug-likeness (QED) is 0.551. The Morgan fingerprint density at radius 3 is 3.16 bits per heavy atom. The topological polar surface area (TPSA) is 100 Å². The first-order chi connectivity index (χ1) is 9.25. The number of hydrogen-bond donors (Lipinski definition) is 2. The summed E-state index contributed by atoms with van der Waals surface area (Å²) in [5.41, 5.74) is 1.34. The smallest absolute Gasteiger partial charge is 0.231 e. The summed E-state index contributed by atoms with van der Waals surface area (Å²) >= 11 is 1.27. The highest BCUT2D eigenvalue weighted by atomic mass is 32.2. The standard InChI is InChI=1S/C11H10N6OS/c1-6(19-11-14-16-17-15-11)9(18)8-5-13-10-7(8)3-2-4-12-10/h2-6H,1H3,(H,12,13)(H,14,15,16,17). The molecule has 0 saturated carbocycles. The molecule has 0 amide bonds. The van der Waals surface area contributed by atoms with Gasteiger partial charge in [0.25, 0.3) is 0 Å². The predicted octanol–water partition coefficient (Wildman–Crippen LogP) is 1.44. The third-order valence-electron chi connectivity index (χ3n) is 2.69. The lowest BCUT2D eigenvalue weighted by molar-refractivity contribution is 0.0995. The van der Waals surface area contributed by atoms with Gasteiger partial charge in [0.05, 0.1) is 5.25 Å². The van der Waals surface area contributed by atoms with Gasteiger partial charge in [-0.1, -0.05) is 11.8 Å². The average molecular weight is 274 g/mol. The van der Waals surface area contributed by atoms with Crippen molar-refractivity contribution in [3.63, 3.8) is 0 Å². The van der Waals surface area contributed by atoms with Crippen LogP contribution in [0.1, 0.15) is 17.3 Å². The maximum absolute atomic E-state index is 12.4. The first-order valence-electron chi connectivity index (χ1n) is 5.62. The monoisotopic (exact) mass is 274 g/mol. The zero-order chi connectivity index (χ0) is 13.2. The lowest BCUT2D eigenvalue weighted by Crippen LogP contribution is -2.13. The van der Waals surface area contributed by atoms with Crippen molar-refractivity contribution in [1.82, 2.24) is 30.6 Å². The zero-order valence-electron chi connectivity index (χ0n) is 9.99. The van der Waals surface area contributed by atoms with E-state index in [4.69, 9.17) is 0 Å². The van der Waals surface area contributed by atoms with Crippen molar-refractivity contribution in [2.24, 2.45) is 0 Å². The van der Waals surface area contributed by atoms with Crippen molar-refractivity contribution in [2.75, 3.05) is 0 Å². The van der Waals surface area contributed by atoms with Crippen LogP contribution in [0.15, 0.2) is 29.7 Å². The molecular formula is C11H10N6OS. The fraction of sp³-hybridized carbons (Fsp3) is 0.182. The van der Waals surface area contributed by atoms with E-state index < -0.39 is 0 Å². The van der Waals surface area contributed by atoms with Gasteiger partial charge in [0.15, 0.2) is 5.78 Å². The van der Waals surface area contributed by atoms with Crippen molar-refractivity contribution in [3.8, 4) is 0 Å². The largest absolute Gasteiger partial charge is 0.345 e. The van der Waals surface area contributed by atoms with Gasteiger partial charge in [-0.2, -0.15) is 5.21 Å². The van der Waals surface area contributed by atoms with Gasteiger partial charge in [0, 0.05) is 23.3 Å². The van der Waals surface area contributed by atoms with Crippen molar-refractivity contribution >= 4 is 28.6 Å². The Morgan fingerprint density at radius 2 is 2.37 bits per heavy atom. The number of nitrogens with zero attached hydrogens (tertiary/aromatic N) is 4. The predicted molar refractivity (Wildman–Crippen MR) is 69.9 cm³/mol. The Kier molecular flexibility index (Phi) is 3.00. The number of thioether (sulfide) groups is 1. The van der Waals surface area contributed by atoms with Gasteiger partial charge >= 0.3 is 0 Å². The van der Waals surface area contributed by atoms with E-state index in [9.17, 15) is 4.79 Å². The maximum atomic E-state index is 12.4. The minimum absolute atomic E-state index is 0.00838. The maximum Gasteiger partial charge on any atom is 0.231 e. The number of H-pyrrole nitrogens is 2. The highest BCUT2D eigenvalue weighted by molar-refractivity contribution is 8.00. The molecule has 0 bridgehead atoms. The molecule has 0 radical (unpaired) electrons. The molecule has 0 aliphatic heterocycles.